The van der Waals surface area contributed by atoms with Crippen LogP contribution in [-0.4, -0.2) is 23.2 Å². The highest BCUT2D eigenvalue weighted by Gasteiger charge is 2.11. The molecule has 0 aliphatic heterocycles. The molecule has 0 fully saturated rings. The van der Waals surface area contributed by atoms with Gasteiger partial charge in [0.25, 0.3) is 0 Å². The number of carboxylic acid groups (broad SMARTS) is 1. The first-order valence-electron chi connectivity index (χ1n) is 5.50. The van der Waals surface area contributed by atoms with Gasteiger partial charge in [-0.3, -0.25) is 0 Å². The Kier molecular flexibility index (Phi) is 4.46. The number of nitrogens with one attached hydrogen (secondary N) is 1. The van der Waals surface area contributed by atoms with Crippen LogP contribution in [0.5, 0.6) is 5.75 Å². The number of carboxylic acids is 1. The van der Waals surface area contributed by atoms with E-state index in [1.807, 2.05) is 12.1 Å². The molecule has 2 rings (SSSR count). The van der Waals surface area contributed by atoms with Gasteiger partial charge in [-0.05, 0) is 24.3 Å². The molecule has 7 heteroatoms. The summed E-state index contributed by atoms with van der Waals surface area (Å²) in [7, 11) is 1.55. The maximum Gasteiger partial charge on any atom is 0.337 e. The predicted molar refractivity (Wildman–Crippen MR) is 80.2 cm³/mol. The molecular weight excluding hydrogens is 348 g/mol. The second-order valence-corrected chi connectivity index (χ2v) is 5.15. The van der Waals surface area contributed by atoms with Crippen molar-refractivity contribution in [3.63, 3.8) is 0 Å². The fourth-order valence-electron chi connectivity index (χ4n) is 1.55. The Hall–Kier alpha value is -1.79. The molecule has 5 nitrogen and oxygen atoms in total. The van der Waals surface area contributed by atoms with Crippen molar-refractivity contribution in [3.05, 3.63) is 45.5 Å². The van der Waals surface area contributed by atoms with Crippen LogP contribution in [0.2, 0.25) is 5.02 Å². The van der Waals surface area contributed by atoms with Crippen LogP contribution >= 0.6 is 27.5 Å². The Labute approximate surface area is 128 Å². The third-order valence-corrected chi connectivity index (χ3v) is 3.28. The van der Waals surface area contributed by atoms with Gasteiger partial charge in [0, 0.05) is 10.7 Å². The molecule has 104 valence electrons. The third kappa shape index (κ3) is 3.20. The van der Waals surface area contributed by atoms with Crippen LogP contribution in [0.4, 0.5) is 11.5 Å². The summed E-state index contributed by atoms with van der Waals surface area (Å²) < 4.78 is 6.09. The lowest BCUT2D eigenvalue weighted by molar-refractivity contribution is 0.0696. The lowest BCUT2D eigenvalue weighted by Gasteiger charge is -2.12. The molecular formula is C13H10BrClN2O3. The zero-order chi connectivity index (χ0) is 14.7. The number of pyridine rings is 1. The highest BCUT2D eigenvalue weighted by Crippen LogP contribution is 2.32. The Morgan fingerprint density at radius 1 is 1.45 bits per heavy atom. The molecule has 0 amide bonds. The van der Waals surface area contributed by atoms with Crippen LogP contribution in [-0.2, 0) is 0 Å². The van der Waals surface area contributed by atoms with E-state index in [0.29, 0.717) is 17.3 Å². The first-order chi connectivity index (χ1) is 9.51. The largest absolute Gasteiger partial charge is 0.495 e. The van der Waals surface area contributed by atoms with Crippen LogP contribution in [0.1, 0.15) is 10.4 Å². The number of hydrogen-bond donors (Lipinski definition) is 2. The van der Waals surface area contributed by atoms with Crippen molar-refractivity contribution >= 4 is 45.0 Å². The minimum Gasteiger partial charge on any atom is -0.495 e. The number of rotatable bonds is 4. The Bertz CT molecular complexity index is 664. The van der Waals surface area contributed by atoms with Crippen molar-refractivity contribution in [3.8, 4) is 5.75 Å². The van der Waals surface area contributed by atoms with Crippen LogP contribution in [0.3, 0.4) is 0 Å². The number of anilines is 2. The number of ether oxygens (including phenoxy) is 1. The lowest BCUT2D eigenvalue weighted by Crippen LogP contribution is -2.01. The smallest absolute Gasteiger partial charge is 0.337 e. The first kappa shape index (κ1) is 14.6. The number of benzene rings is 1. The Morgan fingerprint density at radius 2 is 2.20 bits per heavy atom. The molecule has 20 heavy (non-hydrogen) atoms. The van der Waals surface area contributed by atoms with E-state index in [4.69, 9.17) is 21.4 Å². The fourth-order valence-corrected chi connectivity index (χ4v) is 2.13. The minimum absolute atomic E-state index is 0.0294. The summed E-state index contributed by atoms with van der Waals surface area (Å²) in [5, 5.41) is 12.1. The second kappa shape index (κ2) is 6.11. The normalized spacial score (nSPS) is 10.2. The van der Waals surface area contributed by atoms with Gasteiger partial charge in [0.2, 0.25) is 0 Å². The van der Waals surface area contributed by atoms with Gasteiger partial charge in [-0.2, -0.15) is 0 Å². The van der Waals surface area contributed by atoms with E-state index in [0.717, 1.165) is 4.47 Å². The molecule has 1 aromatic carbocycles. The Balaban J connectivity index is 2.35. The minimum atomic E-state index is -1.08. The predicted octanol–water partition coefficient (Wildman–Crippen LogP) is 3.95. The van der Waals surface area contributed by atoms with Crippen LogP contribution in [0, 0.1) is 0 Å². The van der Waals surface area contributed by atoms with E-state index in [-0.39, 0.29) is 10.6 Å². The molecule has 2 N–H and O–H groups in total. The Morgan fingerprint density at radius 3 is 2.80 bits per heavy atom. The van der Waals surface area contributed by atoms with Gasteiger partial charge in [-0.25, -0.2) is 9.78 Å². The number of nitrogens with zero attached hydrogens (tertiary/aromatic N) is 1. The SMILES string of the molecule is COc1ccc(Br)cc1Nc1ncc(C(=O)O)cc1Cl. The average Bonchev–Trinajstić information content (AvgIpc) is 2.41. The van der Waals surface area contributed by atoms with Crippen molar-refractivity contribution in [2.75, 3.05) is 12.4 Å². The third-order valence-electron chi connectivity index (χ3n) is 2.50. The number of carbonyl (C=O) groups is 1. The van der Waals surface area contributed by atoms with Crippen molar-refractivity contribution in [2.24, 2.45) is 0 Å². The molecule has 2 aromatic rings. The monoisotopic (exact) mass is 356 g/mol. The zero-order valence-corrected chi connectivity index (χ0v) is 12.7. The summed E-state index contributed by atoms with van der Waals surface area (Å²) in [5.74, 6) is -0.104. The molecule has 0 saturated heterocycles. The van der Waals surface area contributed by atoms with E-state index in [2.05, 4.69) is 26.2 Å². The molecule has 0 spiro atoms. The van der Waals surface area contributed by atoms with E-state index in [9.17, 15) is 4.79 Å². The van der Waals surface area contributed by atoms with Gasteiger partial charge in [0.05, 0.1) is 23.4 Å². The van der Waals surface area contributed by atoms with Gasteiger partial charge < -0.3 is 15.2 Å². The van der Waals surface area contributed by atoms with Gasteiger partial charge in [-0.15, -0.1) is 0 Å². The standard InChI is InChI=1S/C13H10BrClN2O3/c1-20-11-3-2-8(14)5-10(11)17-12-9(15)4-7(6-16-12)13(18)19/h2-6H,1H3,(H,16,17)(H,18,19). The number of methoxy groups -OCH3 is 1. The summed E-state index contributed by atoms with van der Waals surface area (Å²) in [4.78, 5) is 14.8. The highest BCUT2D eigenvalue weighted by molar-refractivity contribution is 9.10. The number of halogens is 2. The number of aromatic nitrogens is 1. The molecule has 0 aliphatic carbocycles. The van der Waals surface area contributed by atoms with Crippen LogP contribution in [0.15, 0.2) is 34.9 Å². The molecule has 0 saturated carbocycles. The molecule has 0 unspecified atom stereocenters. The molecule has 0 radical (unpaired) electrons. The van der Waals surface area contributed by atoms with Crippen molar-refractivity contribution in [1.29, 1.82) is 0 Å². The molecule has 0 aliphatic rings. The maximum atomic E-state index is 10.8. The van der Waals surface area contributed by atoms with E-state index >= 15 is 0 Å². The summed E-state index contributed by atoms with van der Waals surface area (Å²) >= 11 is 9.38. The zero-order valence-electron chi connectivity index (χ0n) is 10.4. The number of aromatic carboxylic acids is 1. The van der Waals surface area contributed by atoms with Gasteiger partial charge in [0.15, 0.2) is 0 Å². The average molecular weight is 358 g/mol. The van der Waals surface area contributed by atoms with Gasteiger partial charge >= 0.3 is 5.97 Å². The first-order valence-corrected chi connectivity index (χ1v) is 6.67. The van der Waals surface area contributed by atoms with Crippen molar-refractivity contribution in [1.82, 2.24) is 4.98 Å². The van der Waals surface area contributed by atoms with Crippen LogP contribution in [0.25, 0.3) is 0 Å². The quantitative estimate of drug-likeness (QED) is 0.867. The maximum absolute atomic E-state index is 10.8. The van der Waals surface area contributed by atoms with Crippen molar-refractivity contribution < 1.29 is 14.6 Å². The molecule has 0 atom stereocenters. The second-order valence-electron chi connectivity index (χ2n) is 3.83. The van der Waals surface area contributed by atoms with Gasteiger partial charge in [0.1, 0.15) is 11.6 Å². The van der Waals surface area contributed by atoms with Crippen molar-refractivity contribution in [2.45, 2.75) is 0 Å². The van der Waals surface area contributed by atoms with E-state index in [1.54, 1.807) is 13.2 Å². The molecule has 1 aromatic heterocycles. The van der Waals surface area contributed by atoms with Gasteiger partial charge in [-0.1, -0.05) is 27.5 Å². The summed E-state index contributed by atoms with van der Waals surface area (Å²) in [6.07, 6.45) is 1.24. The number of hydrogen-bond acceptors (Lipinski definition) is 4. The summed E-state index contributed by atoms with van der Waals surface area (Å²) in [5.41, 5.74) is 0.695. The molecule has 0 bridgehead atoms. The topological polar surface area (TPSA) is 71.5 Å². The summed E-state index contributed by atoms with van der Waals surface area (Å²) in [6, 6.07) is 6.77. The summed E-state index contributed by atoms with van der Waals surface area (Å²) in [6.45, 7) is 0. The van der Waals surface area contributed by atoms with Crippen LogP contribution < -0.4 is 10.1 Å². The molecule has 1 heterocycles. The van der Waals surface area contributed by atoms with E-state index in [1.165, 1.54) is 12.3 Å². The van der Waals surface area contributed by atoms with E-state index < -0.39 is 5.97 Å². The fraction of sp³-hybridized carbons (Fsp3) is 0.0769. The lowest BCUT2D eigenvalue weighted by atomic mass is 10.2. The highest BCUT2D eigenvalue weighted by atomic mass is 79.9.